The minimum Gasteiger partial charge on any atom is -0.207 e. The summed E-state index contributed by atoms with van der Waals surface area (Å²) in [5.74, 6) is -1.07. The van der Waals surface area contributed by atoms with Gasteiger partial charge in [-0.05, 0) is 23.6 Å². The van der Waals surface area contributed by atoms with Crippen LogP contribution in [-0.2, 0) is 5.41 Å². The fourth-order valence-electron chi connectivity index (χ4n) is 1.75. The predicted molar refractivity (Wildman–Crippen MR) is 80.1 cm³/mol. The average molecular weight is 345 g/mol. The quantitative estimate of drug-likeness (QED) is 0.603. The van der Waals surface area contributed by atoms with Crippen molar-refractivity contribution in [2.75, 3.05) is 0 Å². The predicted octanol–water partition coefficient (Wildman–Crippen LogP) is 5.81. The molecule has 0 spiro atoms. The maximum Gasteiger partial charge on any atom is 0.130 e. The van der Waals surface area contributed by atoms with E-state index in [2.05, 4.69) is 42.8 Å². The Labute approximate surface area is 124 Å². The summed E-state index contributed by atoms with van der Waals surface area (Å²) in [5, 5.41) is 0. The van der Waals surface area contributed by atoms with E-state index in [4.69, 9.17) is 0 Å². The van der Waals surface area contributed by atoms with Crippen LogP contribution in [0.3, 0.4) is 0 Å². The van der Waals surface area contributed by atoms with Gasteiger partial charge in [0.25, 0.3) is 0 Å². The number of halogens is 3. The fourth-order valence-corrected chi connectivity index (χ4v) is 3.62. The summed E-state index contributed by atoms with van der Waals surface area (Å²) >= 11 is 5.15. The highest BCUT2D eigenvalue weighted by molar-refractivity contribution is 9.09. The number of thiophene rings is 1. The molecule has 0 aliphatic carbocycles. The summed E-state index contributed by atoms with van der Waals surface area (Å²) in [4.78, 5) is 2.03. The Morgan fingerprint density at radius 3 is 2.32 bits per heavy atom. The van der Waals surface area contributed by atoms with Crippen molar-refractivity contribution >= 4 is 27.3 Å². The van der Waals surface area contributed by atoms with Gasteiger partial charge in [0.1, 0.15) is 11.6 Å². The van der Waals surface area contributed by atoms with Gasteiger partial charge in [-0.25, -0.2) is 8.78 Å². The van der Waals surface area contributed by atoms with E-state index in [0.29, 0.717) is 5.56 Å². The normalized spacial score (nSPS) is 13.6. The van der Waals surface area contributed by atoms with Crippen molar-refractivity contribution < 1.29 is 8.78 Å². The van der Waals surface area contributed by atoms with Gasteiger partial charge >= 0.3 is 0 Å². The van der Waals surface area contributed by atoms with Gasteiger partial charge in [-0.3, -0.25) is 0 Å². The third-order valence-corrected chi connectivity index (χ3v) is 5.72. The molecule has 0 saturated carbocycles. The van der Waals surface area contributed by atoms with E-state index in [0.717, 1.165) is 10.9 Å². The smallest absolute Gasteiger partial charge is 0.130 e. The lowest BCUT2D eigenvalue weighted by Crippen LogP contribution is -2.07. The van der Waals surface area contributed by atoms with E-state index in [1.165, 1.54) is 17.0 Å². The van der Waals surface area contributed by atoms with Crippen LogP contribution in [0.25, 0.3) is 0 Å². The summed E-state index contributed by atoms with van der Waals surface area (Å²) in [7, 11) is 0. The zero-order valence-corrected chi connectivity index (χ0v) is 13.4. The van der Waals surface area contributed by atoms with E-state index in [1.807, 2.05) is 6.07 Å². The Morgan fingerprint density at radius 1 is 1.11 bits per heavy atom. The monoisotopic (exact) mass is 344 g/mol. The van der Waals surface area contributed by atoms with Crippen molar-refractivity contribution in [3.63, 3.8) is 0 Å². The highest BCUT2D eigenvalue weighted by Gasteiger charge is 2.21. The lowest BCUT2D eigenvalue weighted by atomic mass is 9.95. The highest BCUT2D eigenvalue weighted by Crippen LogP contribution is 2.39. The third kappa shape index (κ3) is 3.23. The lowest BCUT2D eigenvalue weighted by Gasteiger charge is -2.15. The van der Waals surface area contributed by atoms with E-state index < -0.39 is 11.6 Å². The van der Waals surface area contributed by atoms with Gasteiger partial charge in [-0.15, -0.1) is 11.3 Å². The van der Waals surface area contributed by atoms with Gasteiger partial charge in [0.2, 0.25) is 0 Å². The molecule has 0 saturated heterocycles. The van der Waals surface area contributed by atoms with Gasteiger partial charge in [-0.2, -0.15) is 0 Å². The Hall–Kier alpha value is -0.740. The van der Waals surface area contributed by atoms with E-state index >= 15 is 0 Å². The molecule has 4 heteroatoms. The molecule has 2 rings (SSSR count). The zero-order valence-electron chi connectivity index (χ0n) is 11.0. The minimum absolute atomic E-state index is 0.0803. The fraction of sp³-hybridized carbons (Fsp3) is 0.333. The second kappa shape index (κ2) is 5.33. The number of benzene rings is 1. The molecule has 1 aromatic heterocycles. The molecule has 1 heterocycles. The molecule has 2 aromatic rings. The molecular weight excluding hydrogens is 330 g/mol. The van der Waals surface area contributed by atoms with Crippen LogP contribution in [0.4, 0.5) is 8.78 Å². The van der Waals surface area contributed by atoms with E-state index in [9.17, 15) is 8.78 Å². The van der Waals surface area contributed by atoms with Crippen molar-refractivity contribution in [2.24, 2.45) is 0 Å². The average Bonchev–Trinajstić information content (AvgIpc) is 2.76. The van der Waals surface area contributed by atoms with Crippen LogP contribution in [0.5, 0.6) is 0 Å². The number of hydrogen-bond acceptors (Lipinski definition) is 1. The first-order valence-corrected chi connectivity index (χ1v) is 7.71. The standard InChI is InChI=1S/C15H15BrF2S/c1-15(2,3)13-7-6-12(19-13)14(16)10-5-4-9(17)8-11(10)18/h4-8,14H,1-3H3. The van der Waals surface area contributed by atoms with Crippen LogP contribution in [0.15, 0.2) is 30.3 Å². The molecule has 0 aliphatic rings. The number of rotatable bonds is 2. The largest absolute Gasteiger partial charge is 0.207 e. The molecule has 1 aromatic carbocycles. The Bertz CT molecular complexity index is 584. The van der Waals surface area contributed by atoms with Crippen molar-refractivity contribution in [3.8, 4) is 0 Å². The van der Waals surface area contributed by atoms with Gasteiger partial charge in [-0.1, -0.05) is 42.8 Å². The molecular formula is C15H15BrF2S. The molecule has 0 fully saturated rings. The SMILES string of the molecule is CC(C)(C)c1ccc(C(Br)c2ccc(F)cc2F)s1. The first-order chi connectivity index (χ1) is 8.79. The molecule has 0 N–H and O–H groups in total. The summed E-state index contributed by atoms with van der Waals surface area (Å²) < 4.78 is 26.7. The van der Waals surface area contributed by atoms with Crippen molar-refractivity contribution in [3.05, 3.63) is 57.3 Å². The third-order valence-electron chi connectivity index (χ3n) is 2.85. The summed E-state index contributed by atoms with van der Waals surface area (Å²) in [6, 6.07) is 7.75. The molecule has 0 amide bonds. The molecule has 0 nitrogen and oxygen atoms in total. The first kappa shape index (κ1) is 14.7. The number of alkyl halides is 1. The van der Waals surface area contributed by atoms with Gasteiger partial charge in [0.05, 0.1) is 4.83 Å². The van der Waals surface area contributed by atoms with Gasteiger partial charge < -0.3 is 0 Å². The maximum atomic E-state index is 13.8. The molecule has 102 valence electrons. The second-order valence-corrected chi connectivity index (χ2v) is 7.51. The van der Waals surface area contributed by atoms with E-state index in [-0.39, 0.29) is 10.2 Å². The van der Waals surface area contributed by atoms with Crippen LogP contribution in [-0.4, -0.2) is 0 Å². The summed E-state index contributed by atoms with van der Waals surface area (Å²) in [5.41, 5.74) is 0.542. The molecule has 0 bridgehead atoms. The summed E-state index contributed by atoms with van der Waals surface area (Å²) in [6.07, 6.45) is 0. The molecule has 1 unspecified atom stereocenters. The van der Waals surface area contributed by atoms with Crippen LogP contribution >= 0.6 is 27.3 Å². The van der Waals surface area contributed by atoms with Gasteiger partial charge in [0.15, 0.2) is 0 Å². The van der Waals surface area contributed by atoms with Crippen molar-refractivity contribution in [1.29, 1.82) is 0 Å². The van der Waals surface area contributed by atoms with Crippen LogP contribution in [0.1, 0.15) is 40.9 Å². The van der Waals surface area contributed by atoms with Gasteiger partial charge in [0, 0.05) is 21.4 Å². The van der Waals surface area contributed by atoms with Crippen LogP contribution < -0.4 is 0 Å². The van der Waals surface area contributed by atoms with Crippen molar-refractivity contribution in [2.45, 2.75) is 31.0 Å². The Balaban J connectivity index is 2.34. The lowest BCUT2D eigenvalue weighted by molar-refractivity contribution is 0.574. The minimum atomic E-state index is -0.553. The first-order valence-electron chi connectivity index (χ1n) is 5.98. The zero-order chi connectivity index (χ0) is 14.2. The highest BCUT2D eigenvalue weighted by atomic mass is 79.9. The topological polar surface area (TPSA) is 0 Å². The summed E-state index contributed by atoms with van der Waals surface area (Å²) in [6.45, 7) is 6.43. The molecule has 19 heavy (non-hydrogen) atoms. The molecule has 1 atom stereocenters. The molecule has 0 radical (unpaired) electrons. The second-order valence-electron chi connectivity index (χ2n) is 5.48. The molecule has 0 aliphatic heterocycles. The van der Waals surface area contributed by atoms with Crippen LogP contribution in [0, 0.1) is 11.6 Å². The van der Waals surface area contributed by atoms with Crippen LogP contribution in [0.2, 0.25) is 0 Å². The Morgan fingerprint density at radius 2 is 1.79 bits per heavy atom. The van der Waals surface area contributed by atoms with E-state index in [1.54, 1.807) is 11.3 Å². The maximum absolute atomic E-state index is 13.8. The van der Waals surface area contributed by atoms with Crippen molar-refractivity contribution in [1.82, 2.24) is 0 Å². The number of hydrogen-bond donors (Lipinski definition) is 0. The Kier molecular flexibility index (Phi) is 4.11.